The Kier molecular flexibility index (Phi) is 8.59. The molecule has 2 atom stereocenters. The molecule has 28 heavy (non-hydrogen) atoms. The second kappa shape index (κ2) is 10.4. The Balaban J connectivity index is 2.88. The quantitative estimate of drug-likeness (QED) is 0.277. The lowest BCUT2D eigenvalue weighted by molar-refractivity contribution is -0.384. The normalized spacial score (nSPS) is 12.6. The first kappa shape index (κ1) is 23.1. The van der Waals surface area contributed by atoms with Crippen LogP contribution in [0.2, 0.25) is 5.02 Å². The van der Waals surface area contributed by atoms with E-state index in [-0.39, 0.29) is 28.7 Å². The first-order chi connectivity index (χ1) is 13.1. The molecule has 0 aromatic heterocycles. The van der Waals surface area contributed by atoms with E-state index in [1.54, 1.807) is 13.8 Å². The van der Waals surface area contributed by atoms with E-state index in [1.165, 1.54) is 19.1 Å². The summed E-state index contributed by atoms with van der Waals surface area (Å²) in [4.78, 5) is 46.8. The minimum absolute atomic E-state index is 0.0255. The number of benzene rings is 1. The molecule has 152 valence electrons. The number of carbonyl (C=O) groups excluding carboxylic acids is 3. The van der Waals surface area contributed by atoms with Gasteiger partial charge in [0.25, 0.3) is 17.5 Å². The van der Waals surface area contributed by atoms with Crippen molar-refractivity contribution in [2.45, 2.75) is 32.9 Å². The SMILES string of the molecule is C=CCNC(=O)[C@@H](C)OC(=O)[C@@H](NC(=O)c1ccc([N+](=O)[O-])cc1Cl)C(C)C. The van der Waals surface area contributed by atoms with Gasteiger partial charge in [0.2, 0.25) is 0 Å². The van der Waals surface area contributed by atoms with E-state index in [2.05, 4.69) is 17.2 Å². The molecule has 0 bridgehead atoms. The van der Waals surface area contributed by atoms with Gasteiger partial charge in [-0.25, -0.2) is 4.79 Å². The Morgan fingerprint density at radius 2 is 1.96 bits per heavy atom. The van der Waals surface area contributed by atoms with E-state index in [1.807, 2.05) is 0 Å². The molecule has 1 aromatic rings. The number of esters is 1. The number of non-ortho nitro benzene ring substituents is 1. The lowest BCUT2D eigenvalue weighted by Crippen LogP contribution is -2.47. The number of rotatable bonds is 9. The number of amides is 2. The average Bonchev–Trinajstić information content (AvgIpc) is 2.63. The number of nitro benzene ring substituents is 1. The summed E-state index contributed by atoms with van der Waals surface area (Å²) in [6.07, 6.45) is 0.422. The molecule has 0 aliphatic heterocycles. The lowest BCUT2D eigenvalue weighted by atomic mass is 10.0. The molecule has 0 unspecified atom stereocenters. The maximum Gasteiger partial charge on any atom is 0.329 e. The Labute approximate surface area is 167 Å². The van der Waals surface area contributed by atoms with Crippen molar-refractivity contribution in [3.05, 3.63) is 51.6 Å². The minimum atomic E-state index is -1.06. The Morgan fingerprint density at radius 1 is 1.32 bits per heavy atom. The molecule has 1 aromatic carbocycles. The highest BCUT2D eigenvalue weighted by molar-refractivity contribution is 6.34. The van der Waals surface area contributed by atoms with Gasteiger partial charge in [-0.3, -0.25) is 19.7 Å². The number of nitro groups is 1. The van der Waals surface area contributed by atoms with Gasteiger partial charge in [-0.1, -0.05) is 31.5 Å². The summed E-state index contributed by atoms with van der Waals surface area (Å²) in [7, 11) is 0. The van der Waals surface area contributed by atoms with Gasteiger partial charge in [0.05, 0.1) is 15.5 Å². The number of nitrogens with one attached hydrogen (secondary N) is 2. The highest BCUT2D eigenvalue weighted by Gasteiger charge is 2.29. The van der Waals surface area contributed by atoms with Crippen molar-refractivity contribution in [1.29, 1.82) is 0 Å². The summed E-state index contributed by atoms with van der Waals surface area (Å²) in [5.41, 5.74) is -0.289. The number of hydrogen-bond donors (Lipinski definition) is 2. The van der Waals surface area contributed by atoms with Gasteiger partial charge in [0, 0.05) is 18.7 Å². The minimum Gasteiger partial charge on any atom is -0.451 e. The molecule has 2 N–H and O–H groups in total. The third kappa shape index (κ3) is 6.34. The van der Waals surface area contributed by atoms with Crippen LogP contribution in [0.25, 0.3) is 0 Å². The van der Waals surface area contributed by atoms with Crippen LogP contribution in [0.5, 0.6) is 0 Å². The molecular formula is C18H22ClN3O6. The molecule has 0 saturated carbocycles. The predicted molar refractivity (Wildman–Crippen MR) is 103 cm³/mol. The summed E-state index contributed by atoms with van der Waals surface area (Å²) in [5.74, 6) is -2.33. The van der Waals surface area contributed by atoms with Crippen LogP contribution in [0.1, 0.15) is 31.1 Å². The van der Waals surface area contributed by atoms with Crippen molar-refractivity contribution in [1.82, 2.24) is 10.6 Å². The maximum atomic E-state index is 12.5. The van der Waals surface area contributed by atoms with Gasteiger partial charge in [0.15, 0.2) is 6.10 Å². The molecule has 0 fully saturated rings. The molecule has 9 nitrogen and oxygen atoms in total. The van der Waals surface area contributed by atoms with Crippen LogP contribution < -0.4 is 10.6 Å². The Bertz CT molecular complexity index is 781. The predicted octanol–water partition coefficient (Wildman–Crippen LogP) is 2.24. The van der Waals surface area contributed by atoms with E-state index < -0.39 is 34.9 Å². The molecule has 0 radical (unpaired) electrons. The number of ether oxygens (including phenoxy) is 1. The summed E-state index contributed by atoms with van der Waals surface area (Å²) >= 11 is 5.94. The van der Waals surface area contributed by atoms with Crippen molar-refractivity contribution in [2.24, 2.45) is 5.92 Å². The molecule has 0 aliphatic carbocycles. The zero-order valence-electron chi connectivity index (χ0n) is 15.7. The third-order valence-electron chi connectivity index (χ3n) is 3.70. The fourth-order valence-electron chi connectivity index (χ4n) is 2.14. The van der Waals surface area contributed by atoms with Gasteiger partial charge in [-0.05, 0) is 18.9 Å². The number of nitrogens with zero attached hydrogens (tertiary/aromatic N) is 1. The average molecular weight is 412 g/mol. The van der Waals surface area contributed by atoms with E-state index in [4.69, 9.17) is 16.3 Å². The molecule has 0 saturated heterocycles. The van der Waals surface area contributed by atoms with E-state index in [0.29, 0.717) is 0 Å². The van der Waals surface area contributed by atoms with Crippen LogP contribution in [0, 0.1) is 16.0 Å². The van der Waals surface area contributed by atoms with Crippen molar-refractivity contribution in [3.63, 3.8) is 0 Å². The summed E-state index contributed by atoms with van der Waals surface area (Å²) < 4.78 is 5.13. The molecule has 1 rings (SSSR count). The van der Waals surface area contributed by atoms with Crippen molar-refractivity contribution < 1.29 is 24.0 Å². The standard InChI is InChI=1S/C18H22ClN3O6/c1-5-8-20-16(23)11(4)28-18(25)15(10(2)3)21-17(24)13-7-6-12(22(26)27)9-14(13)19/h5-7,9-11,15H,1,8H2,2-4H3,(H,20,23)(H,21,24)/t11-,15+/m1/s1. The van der Waals surface area contributed by atoms with Gasteiger partial charge in [0.1, 0.15) is 6.04 Å². The van der Waals surface area contributed by atoms with Crippen LogP contribution in [-0.4, -0.2) is 41.4 Å². The maximum absolute atomic E-state index is 12.5. The summed E-state index contributed by atoms with van der Waals surface area (Å²) in [6.45, 7) is 8.47. The lowest BCUT2D eigenvalue weighted by Gasteiger charge is -2.23. The molecule has 0 aliphatic rings. The van der Waals surface area contributed by atoms with E-state index >= 15 is 0 Å². The summed E-state index contributed by atoms with van der Waals surface area (Å²) in [6, 6.07) is 2.33. The fraction of sp³-hybridized carbons (Fsp3) is 0.389. The van der Waals surface area contributed by atoms with Gasteiger partial charge in [-0.2, -0.15) is 0 Å². The zero-order chi connectivity index (χ0) is 21.4. The number of halogens is 1. The summed E-state index contributed by atoms with van der Waals surface area (Å²) in [5, 5.41) is 15.6. The van der Waals surface area contributed by atoms with Crippen molar-refractivity contribution >= 4 is 35.1 Å². The first-order valence-corrected chi connectivity index (χ1v) is 8.80. The van der Waals surface area contributed by atoms with E-state index in [9.17, 15) is 24.5 Å². The molecule has 0 heterocycles. The van der Waals surface area contributed by atoms with Gasteiger partial charge >= 0.3 is 5.97 Å². The van der Waals surface area contributed by atoms with Crippen LogP contribution in [0.4, 0.5) is 5.69 Å². The fourth-order valence-corrected chi connectivity index (χ4v) is 2.40. The molecule has 10 heteroatoms. The van der Waals surface area contributed by atoms with Crippen LogP contribution >= 0.6 is 11.6 Å². The largest absolute Gasteiger partial charge is 0.451 e. The first-order valence-electron chi connectivity index (χ1n) is 8.42. The topological polar surface area (TPSA) is 128 Å². The second-order valence-corrected chi connectivity index (χ2v) is 6.64. The Hall–Kier alpha value is -2.94. The van der Waals surface area contributed by atoms with Gasteiger partial charge in [-0.15, -0.1) is 6.58 Å². The van der Waals surface area contributed by atoms with Crippen molar-refractivity contribution in [3.8, 4) is 0 Å². The zero-order valence-corrected chi connectivity index (χ0v) is 16.5. The molecule has 2 amide bonds. The Morgan fingerprint density at radius 3 is 2.46 bits per heavy atom. The highest BCUT2D eigenvalue weighted by Crippen LogP contribution is 2.22. The molecule has 0 spiro atoms. The monoisotopic (exact) mass is 411 g/mol. The van der Waals surface area contributed by atoms with Crippen molar-refractivity contribution in [2.75, 3.05) is 6.54 Å². The smallest absolute Gasteiger partial charge is 0.329 e. The third-order valence-corrected chi connectivity index (χ3v) is 4.01. The number of carbonyl (C=O) groups is 3. The van der Waals surface area contributed by atoms with Gasteiger partial charge < -0.3 is 15.4 Å². The molecular weight excluding hydrogens is 390 g/mol. The van der Waals surface area contributed by atoms with Crippen LogP contribution in [-0.2, 0) is 14.3 Å². The van der Waals surface area contributed by atoms with E-state index in [0.717, 1.165) is 12.1 Å². The van der Waals surface area contributed by atoms with Crippen LogP contribution in [0.3, 0.4) is 0 Å². The van der Waals surface area contributed by atoms with Crippen LogP contribution in [0.15, 0.2) is 30.9 Å². The highest BCUT2D eigenvalue weighted by atomic mass is 35.5. The second-order valence-electron chi connectivity index (χ2n) is 6.23. The number of hydrogen-bond acceptors (Lipinski definition) is 6.